The molecule has 3 rings (SSSR count). The summed E-state index contributed by atoms with van der Waals surface area (Å²) in [6.07, 6.45) is 1.00. The smallest absolute Gasteiger partial charge is 0.125 e. The van der Waals surface area contributed by atoms with E-state index in [1.165, 1.54) is 27.8 Å². The molecule has 2 aromatic carbocycles. The lowest BCUT2D eigenvalue weighted by Gasteiger charge is -2.36. The molecule has 3 nitrogen and oxygen atoms in total. The molecule has 144 valence electrons. The van der Waals surface area contributed by atoms with Gasteiger partial charge in [0.05, 0.1) is 0 Å². The molecule has 1 saturated heterocycles. The van der Waals surface area contributed by atoms with Crippen molar-refractivity contribution in [1.29, 1.82) is 0 Å². The molecule has 0 aliphatic carbocycles. The zero-order chi connectivity index (χ0) is 19.2. The van der Waals surface area contributed by atoms with E-state index in [1.54, 1.807) is 0 Å². The summed E-state index contributed by atoms with van der Waals surface area (Å²) in [6.45, 7) is 15.5. The molecule has 1 aliphatic heterocycles. The van der Waals surface area contributed by atoms with Crippen molar-refractivity contribution < 1.29 is 4.74 Å². The van der Waals surface area contributed by atoms with E-state index < -0.39 is 0 Å². The molecule has 1 fully saturated rings. The predicted molar refractivity (Wildman–Crippen MR) is 113 cm³/mol. The van der Waals surface area contributed by atoms with Crippen LogP contribution in [0.4, 0.5) is 0 Å². The summed E-state index contributed by atoms with van der Waals surface area (Å²) in [5, 5.41) is 3.45. The van der Waals surface area contributed by atoms with Gasteiger partial charge in [0.2, 0.25) is 0 Å². The van der Waals surface area contributed by atoms with E-state index in [0.717, 1.165) is 38.3 Å². The number of nitrogens with one attached hydrogen (secondary N) is 1. The quantitative estimate of drug-likeness (QED) is 0.715. The number of ether oxygens (including phenoxy) is 1. The lowest BCUT2D eigenvalue weighted by molar-refractivity contribution is 0.172. The standard InChI is InChI=1S/C24H32N2O/c1-18(2)14-23(26-12-10-25-11-13-26)22-15-19(3)24(20(4)16-22)27-17-21-8-6-5-7-9-21/h5-9,15-16,23,25H,1,10-14,17H2,2-4H3/t23-/m1/s1. The molecule has 1 N–H and O–H groups in total. The summed E-state index contributed by atoms with van der Waals surface area (Å²) in [7, 11) is 0. The third kappa shape index (κ3) is 5.21. The van der Waals surface area contributed by atoms with Crippen molar-refractivity contribution in [3.63, 3.8) is 0 Å². The lowest BCUT2D eigenvalue weighted by atomic mass is 9.94. The Morgan fingerprint density at radius 3 is 2.33 bits per heavy atom. The van der Waals surface area contributed by atoms with Gasteiger partial charge < -0.3 is 10.1 Å². The number of nitrogens with zero attached hydrogens (tertiary/aromatic N) is 1. The van der Waals surface area contributed by atoms with Crippen molar-refractivity contribution in [1.82, 2.24) is 10.2 Å². The van der Waals surface area contributed by atoms with Gasteiger partial charge in [0.1, 0.15) is 12.4 Å². The molecule has 0 aromatic heterocycles. The van der Waals surface area contributed by atoms with Crippen molar-refractivity contribution in [2.75, 3.05) is 26.2 Å². The zero-order valence-electron chi connectivity index (χ0n) is 16.9. The highest BCUT2D eigenvalue weighted by Crippen LogP contribution is 2.33. The summed E-state index contributed by atoms with van der Waals surface area (Å²) < 4.78 is 6.17. The number of piperazine rings is 1. The van der Waals surface area contributed by atoms with E-state index in [0.29, 0.717) is 12.6 Å². The second kappa shape index (κ2) is 9.20. The maximum atomic E-state index is 6.17. The Morgan fingerprint density at radius 2 is 1.74 bits per heavy atom. The fraction of sp³-hybridized carbons (Fsp3) is 0.417. The van der Waals surface area contributed by atoms with Gasteiger partial charge in [0, 0.05) is 32.2 Å². The van der Waals surface area contributed by atoms with Crippen LogP contribution in [-0.4, -0.2) is 31.1 Å². The first-order valence-electron chi connectivity index (χ1n) is 9.91. The molecule has 0 radical (unpaired) electrons. The van der Waals surface area contributed by atoms with E-state index in [2.05, 4.69) is 74.0 Å². The van der Waals surface area contributed by atoms with Gasteiger partial charge in [-0.25, -0.2) is 0 Å². The molecule has 1 aliphatic rings. The Bertz CT molecular complexity index is 740. The second-order valence-corrected chi connectivity index (χ2v) is 7.72. The molecule has 2 aromatic rings. The van der Waals surface area contributed by atoms with E-state index in [-0.39, 0.29) is 0 Å². The van der Waals surface area contributed by atoms with Gasteiger partial charge in [-0.2, -0.15) is 0 Å². The van der Waals surface area contributed by atoms with Crippen molar-refractivity contribution in [2.24, 2.45) is 0 Å². The molecular formula is C24H32N2O. The summed E-state index contributed by atoms with van der Waals surface area (Å²) in [5.41, 5.74) is 6.23. The minimum atomic E-state index is 0.394. The van der Waals surface area contributed by atoms with Crippen molar-refractivity contribution in [2.45, 2.75) is 39.8 Å². The van der Waals surface area contributed by atoms with E-state index in [9.17, 15) is 0 Å². The average Bonchev–Trinajstić information content (AvgIpc) is 2.66. The maximum absolute atomic E-state index is 6.17. The maximum Gasteiger partial charge on any atom is 0.125 e. The van der Waals surface area contributed by atoms with Crippen molar-refractivity contribution >= 4 is 0 Å². The molecule has 0 amide bonds. The van der Waals surface area contributed by atoms with E-state index in [1.807, 2.05) is 6.07 Å². The van der Waals surface area contributed by atoms with Crippen LogP contribution < -0.4 is 10.1 Å². The van der Waals surface area contributed by atoms with Crippen LogP contribution in [0.2, 0.25) is 0 Å². The third-order valence-electron chi connectivity index (χ3n) is 5.23. The van der Waals surface area contributed by atoms with Crippen LogP contribution in [0.25, 0.3) is 0 Å². The minimum Gasteiger partial charge on any atom is -0.488 e. The van der Waals surface area contributed by atoms with E-state index in [4.69, 9.17) is 4.74 Å². The first-order chi connectivity index (χ1) is 13.0. The second-order valence-electron chi connectivity index (χ2n) is 7.72. The largest absolute Gasteiger partial charge is 0.488 e. The highest BCUT2D eigenvalue weighted by molar-refractivity contribution is 5.44. The van der Waals surface area contributed by atoms with Crippen LogP contribution in [-0.2, 0) is 6.61 Å². The molecule has 1 atom stereocenters. The number of benzene rings is 2. The fourth-order valence-electron chi connectivity index (χ4n) is 3.92. The fourth-order valence-corrected chi connectivity index (χ4v) is 3.92. The Hall–Kier alpha value is -2.10. The van der Waals surface area contributed by atoms with E-state index >= 15 is 0 Å². The summed E-state index contributed by atoms with van der Waals surface area (Å²) >= 11 is 0. The van der Waals surface area contributed by atoms with Gasteiger partial charge in [0.25, 0.3) is 0 Å². The Morgan fingerprint density at radius 1 is 1.11 bits per heavy atom. The molecular weight excluding hydrogens is 332 g/mol. The van der Waals surface area contributed by atoms with Crippen LogP contribution in [0.3, 0.4) is 0 Å². The monoisotopic (exact) mass is 364 g/mol. The molecule has 0 unspecified atom stereocenters. The molecule has 0 spiro atoms. The van der Waals surface area contributed by atoms with Crippen LogP contribution in [0.15, 0.2) is 54.6 Å². The summed E-state index contributed by atoms with van der Waals surface area (Å²) in [6, 6.07) is 15.4. The van der Waals surface area contributed by atoms with Crippen LogP contribution in [0.1, 0.15) is 41.6 Å². The summed E-state index contributed by atoms with van der Waals surface area (Å²) in [4.78, 5) is 2.59. The van der Waals surface area contributed by atoms with Crippen molar-refractivity contribution in [3.05, 3.63) is 76.9 Å². The molecule has 1 heterocycles. The highest BCUT2D eigenvalue weighted by Gasteiger charge is 2.23. The third-order valence-corrected chi connectivity index (χ3v) is 5.23. The SMILES string of the molecule is C=C(C)C[C@H](c1cc(C)c(OCc2ccccc2)c(C)c1)N1CCNCC1. The average molecular weight is 365 g/mol. The molecule has 3 heteroatoms. The number of rotatable bonds is 7. The van der Waals surface area contributed by atoms with Crippen molar-refractivity contribution in [3.8, 4) is 5.75 Å². The number of hydrogen-bond donors (Lipinski definition) is 1. The Balaban J connectivity index is 1.81. The first kappa shape index (κ1) is 19.7. The van der Waals surface area contributed by atoms with Gasteiger partial charge in [-0.1, -0.05) is 48.0 Å². The van der Waals surface area contributed by atoms with Gasteiger partial charge in [-0.15, -0.1) is 6.58 Å². The molecule has 0 saturated carbocycles. The van der Waals surface area contributed by atoms with Gasteiger partial charge in [-0.05, 0) is 49.4 Å². The minimum absolute atomic E-state index is 0.394. The number of aryl methyl sites for hydroxylation is 2. The van der Waals surface area contributed by atoms with Crippen LogP contribution >= 0.6 is 0 Å². The summed E-state index contributed by atoms with van der Waals surface area (Å²) in [5.74, 6) is 1.01. The van der Waals surface area contributed by atoms with Crippen LogP contribution in [0.5, 0.6) is 5.75 Å². The Labute approximate surface area is 164 Å². The Kier molecular flexibility index (Phi) is 6.70. The molecule has 0 bridgehead atoms. The zero-order valence-corrected chi connectivity index (χ0v) is 16.9. The topological polar surface area (TPSA) is 24.5 Å². The van der Waals surface area contributed by atoms with Gasteiger partial charge in [0.15, 0.2) is 0 Å². The van der Waals surface area contributed by atoms with Crippen LogP contribution in [0, 0.1) is 13.8 Å². The highest BCUT2D eigenvalue weighted by atomic mass is 16.5. The molecule has 27 heavy (non-hydrogen) atoms. The normalized spacial score (nSPS) is 16.1. The number of hydrogen-bond acceptors (Lipinski definition) is 3. The predicted octanol–water partition coefficient (Wildman–Crippen LogP) is 4.79. The van der Waals surface area contributed by atoms with Gasteiger partial charge >= 0.3 is 0 Å². The lowest BCUT2D eigenvalue weighted by Crippen LogP contribution is -2.45. The van der Waals surface area contributed by atoms with Gasteiger partial charge in [-0.3, -0.25) is 4.90 Å². The first-order valence-corrected chi connectivity index (χ1v) is 9.91.